The summed E-state index contributed by atoms with van der Waals surface area (Å²) in [7, 11) is -4.61. The second-order valence-electron chi connectivity index (χ2n) is 10.2. The summed E-state index contributed by atoms with van der Waals surface area (Å²) in [5, 5.41) is 22.7. The Morgan fingerprint density at radius 3 is 2.15 bits per heavy atom. The number of anilines is 1. The molecule has 1 fully saturated rings. The van der Waals surface area contributed by atoms with Crippen molar-refractivity contribution in [1.29, 1.82) is 0 Å². The second-order valence-corrected chi connectivity index (χ2v) is 12.0. The molecule has 1 heterocycles. The minimum atomic E-state index is -6.14. The maximum Gasteiger partial charge on any atom is 0.430 e. The van der Waals surface area contributed by atoms with E-state index in [0.29, 0.717) is 25.0 Å². The Morgan fingerprint density at radius 1 is 0.951 bits per heavy atom. The van der Waals surface area contributed by atoms with Crippen LogP contribution in [0.4, 0.5) is 36.4 Å². The number of rotatable bonds is 6. The van der Waals surface area contributed by atoms with Crippen molar-refractivity contribution in [2.75, 3.05) is 4.31 Å². The van der Waals surface area contributed by atoms with Crippen molar-refractivity contribution >= 4 is 21.6 Å². The highest BCUT2D eigenvalue weighted by Crippen LogP contribution is 2.51. The highest BCUT2D eigenvalue weighted by atomic mass is 32.2. The number of nitrogens with zero attached hydrogens (tertiary/aromatic N) is 1. The molecule has 0 aromatic heterocycles. The monoisotopic (exact) mass is 612 g/mol. The quantitative estimate of drug-likeness (QED) is 0.418. The Balaban J connectivity index is 1.75. The highest BCUT2D eigenvalue weighted by molar-refractivity contribution is 7.92. The van der Waals surface area contributed by atoms with Crippen molar-refractivity contribution in [2.24, 2.45) is 0 Å². The molecule has 2 aliphatic rings. The fraction of sp³-hybridized carbons (Fsp3) is 0.500. The number of carbonyl (C=O) groups is 1. The first kappa shape index (κ1) is 31.0. The number of aryl methyl sites for hydroxylation is 1. The van der Waals surface area contributed by atoms with Crippen molar-refractivity contribution in [3.8, 4) is 0 Å². The van der Waals surface area contributed by atoms with Crippen molar-refractivity contribution < 1.29 is 54.2 Å². The third-order valence-electron chi connectivity index (χ3n) is 7.50. The van der Waals surface area contributed by atoms with Gasteiger partial charge in [0.15, 0.2) is 0 Å². The minimum absolute atomic E-state index is 0.173. The number of hydrogen-bond acceptors (Lipinski definition) is 5. The van der Waals surface area contributed by atoms with Crippen molar-refractivity contribution in [3.05, 3.63) is 59.4 Å². The Morgan fingerprint density at radius 2 is 1.56 bits per heavy atom. The summed E-state index contributed by atoms with van der Waals surface area (Å²) < 4.78 is 123. The standard InChI is InChI=1S/C26H27F7N2O5S/c27-17-7-10-19(11-8-17)41(39,40)35-18(14-23(37)34-20-3-1-2-4-22(20)36)9-5-15-13-16(6-12-21(15)35)24(38,25(28,29)30)26(31,32)33/h6-8,10-13,18,20,22,36,38H,1-5,9,14H2,(H,34,37)/t18-,20+,22-/m0/s1. The van der Waals surface area contributed by atoms with Gasteiger partial charge in [0.1, 0.15) is 5.82 Å². The Labute approximate surface area is 231 Å². The second kappa shape index (κ2) is 11.1. The molecule has 0 radical (unpaired) electrons. The first-order valence-electron chi connectivity index (χ1n) is 12.7. The van der Waals surface area contributed by atoms with Crippen molar-refractivity contribution in [2.45, 2.75) is 86.0 Å². The molecule has 0 spiro atoms. The SMILES string of the molecule is O=C(C[C@@H]1CCc2cc(C(O)(C(F)(F)F)C(F)(F)F)ccc2N1S(=O)(=O)c1ccc(F)cc1)N[C@@H]1CCCC[C@@H]1O. The van der Waals surface area contributed by atoms with Crippen LogP contribution in [0.3, 0.4) is 0 Å². The smallest absolute Gasteiger partial charge is 0.391 e. The van der Waals surface area contributed by atoms with E-state index in [1.807, 2.05) is 0 Å². The molecule has 2 aromatic carbocycles. The van der Waals surface area contributed by atoms with Crippen LogP contribution in [0.15, 0.2) is 47.4 Å². The lowest BCUT2D eigenvalue weighted by molar-refractivity contribution is -0.376. The maximum absolute atomic E-state index is 13.7. The molecule has 3 N–H and O–H groups in total. The van der Waals surface area contributed by atoms with E-state index < -0.39 is 74.8 Å². The molecule has 41 heavy (non-hydrogen) atoms. The van der Waals surface area contributed by atoms with Gasteiger partial charge in [-0.2, -0.15) is 26.3 Å². The predicted octanol–water partition coefficient (Wildman–Crippen LogP) is 4.46. The zero-order valence-corrected chi connectivity index (χ0v) is 22.2. The summed E-state index contributed by atoms with van der Waals surface area (Å²) in [5.74, 6) is -1.36. The van der Waals surface area contributed by atoms with Gasteiger partial charge in [0.25, 0.3) is 15.6 Å². The van der Waals surface area contributed by atoms with Gasteiger partial charge in [-0.1, -0.05) is 25.0 Å². The molecule has 3 atom stereocenters. The van der Waals surface area contributed by atoms with Crippen LogP contribution in [-0.2, 0) is 26.8 Å². The van der Waals surface area contributed by atoms with Gasteiger partial charge in [-0.25, -0.2) is 12.8 Å². The molecule has 4 rings (SSSR count). The van der Waals surface area contributed by atoms with E-state index in [1.54, 1.807) is 0 Å². The first-order valence-corrected chi connectivity index (χ1v) is 14.2. The van der Waals surface area contributed by atoms with Crippen molar-refractivity contribution in [3.63, 3.8) is 0 Å². The first-order chi connectivity index (χ1) is 19.0. The van der Waals surface area contributed by atoms with Crippen LogP contribution in [0.2, 0.25) is 0 Å². The van der Waals surface area contributed by atoms with Gasteiger partial charge >= 0.3 is 12.4 Å². The molecule has 7 nitrogen and oxygen atoms in total. The van der Waals surface area contributed by atoms with Crippen LogP contribution < -0.4 is 9.62 Å². The van der Waals surface area contributed by atoms with E-state index in [9.17, 15) is 54.2 Å². The Hall–Kier alpha value is -2.91. The van der Waals surface area contributed by atoms with Gasteiger partial charge in [0, 0.05) is 12.0 Å². The summed E-state index contributed by atoms with van der Waals surface area (Å²) in [6.45, 7) is 0. The third-order valence-corrected chi connectivity index (χ3v) is 9.38. The third kappa shape index (κ3) is 5.89. The molecular weight excluding hydrogens is 585 g/mol. The van der Waals surface area contributed by atoms with E-state index in [2.05, 4.69) is 5.32 Å². The van der Waals surface area contributed by atoms with E-state index in [4.69, 9.17) is 0 Å². The molecule has 15 heteroatoms. The number of aliphatic hydroxyl groups is 2. The van der Waals surface area contributed by atoms with Gasteiger partial charge in [0.05, 0.1) is 28.8 Å². The lowest BCUT2D eigenvalue weighted by atomic mass is 9.87. The number of halogens is 7. The largest absolute Gasteiger partial charge is 0.430 e. The zero-order chi connectivity index (χ0) is 30.4. The normalized spacial score (nSPS) is 22.3. The highest BCUT2D eigenvalue weighted by Gasteiger charge is 2.71. The average Bonchev–Trinajstić information content (AvgIpc) is 2.88. The molecule has 0 bridgehead atoms. The van der Waals surface area contributed by atoms with E-state index in [-0.39, 0.29) is 24.1 Å². The number of aliphatic hydroxyl groups excluding tert-OH is 1. The summed E-state index contributed by atoms with van der Waals surface area (Å²) in [6.07, 6.45) is -11.4. The zero-order valence-electron chi connectivity index (χ0n) is 21.3. The summed E-state index contributed by atoms with van der Waals surface area (Å²) in [6, 6.07) is 3.45. The Bertz CT molecular complexity index is 1370. The molecular formula is C26H27F7N2O5S. The molecule has 1 aliphatic carbocycles. The maximum atomic E-state index is 13.7. The fourth-order valence-corrected chi connectivity index (χ4v) is 7.06. The summed E-state index contributed by atoms with van der Waals surface area (Å²) in [5.41, 5.74) is -7.28. The molecule has 226 valence electrons. The van der Waals surface area contributed by atoms with Crippen LogP contribution in [-0.4, -0.2) is 55.1 Å². The Kier molecular flexibility index (Phi) is 8.37. The average molecular weight is 613 g/mol. The topological polar surface area (TPSA) is 107 Å². The number of amides is 1. The molecule has 2 aromatic rings. The molecule has 1 aliphatic heterocycles. The van der Waals surface area contributed by atoms with Crippen LogP contribution in [0.1, 0.15) is 49.7 Å². The number of fused-ring (bicyclic) bond motifs is 1. The number of hydrogen-bond donors (Lipinski definition) is 3. The molecule has 1 amide bonds. The summed E-state index contributed by atoms with van der Waals surface area (Å²) >= 11 is 0. The van der Waals surface area contributed by atoms with Gasteiger partial charge in [-0.15, -0.1) is 0 Å². The van der Waals surface area contributed by atoms with Gasteiger partial charge < -0.3 is 15.5 Å². The van der Waals surface area contributed by atoms with Gasteiger partial charge in [-0.05, 0) is 61.6 Å². The van der Waals surface area contributed by atoms with Crippen molar-refractivity contribution in [1.82, 2.24) is 5.32 Å². The number of benzene rings is 2. The lowest BCUT2D eigenvalue weighted by Crippen LogP contribution is -2.54. The lowest BCUT2D eigenvalue weighted by Gasteiger charge is -2.39. The fourth-order valence-electron chi connectivity index (χ4n) is 5.34. The van der Waals surface area contributed by atoms with Crippen LogP contribution in [0.5, 0.6) is 0 Å². The molecule has 0 unspecified atom stereocenters. The van der Waals surface area contributed by atoms with Crippen LogP contribution >= 0.6 is 0 Å². The van der Waals surface area contributed by atoms with Crippen LogP contribution in [0, 0.1) is 5.82 Å². The van der Waals surface area contributed by atoms with Gasteiger partial charge in [0.2, 0.25) is 5.91 Å². The van der Waals surface area contributed by atoms with Gasteiger partial charge in [-0.3, -0.25) is 9.10 Å². The number of carbonyl (C=O) groups excluding carboxylic acids is 1. The molecule has 1 saturated carbocycles. The number of alkyl halides is 6. The summed E-state index contributed by atoms with van der Waals surface area (Å²) in [4.78, 5) is 12.5. The van der Waals surface area contributed by atoms with E-state index in [1.165, 1.54) is 0 Å². The number of sulfonamides is 1. The van der Waals surface area contributed by atoms with E-state index in [0.717, 1.165) is 47.5 Å². The van der Waals surface area contributed by atoms with Crippen LogP contribution in [0.25, 0.3) is 0 Å². The van der Waals surface area contributed by atoms with E-state index >= 15 is 0 Å². The predicted molar refractivity (Wildman–Crippen MR) is 132 cm³/mol. The number of nitrogens with one attached hydrogen (secondary N) is 1. The minimum Gasteiger partial charge on any atom is -0.391 e. The molecule has 0 saturated heterocycles.